The number of carbonyl (C=O) groups is 1. The third kappa shape index (κ3) is 3.83. The summed E-state index contributed by atoms with van der Waals surface area (Å²) in [6.07, 6.45) is 2.46. The van der Waals surface area contributed by atoms with Crippen molar-refractivity contribution >= 4 is 17.5 Å². The van der Waals surface area contributed by atoms with E-state index < -0.39 is 0 Å². The van der Waals surface area contributed by atoms with E-state index in [1.807, 2.05) is 0 Å². The number of halogens is 1. The first-order chi connectivity index (χ1) is 9.20. The Bertz CT molecular complexity index is 446. The molecule has 0 bridgehead atoms. The van der Waals surface area contributed by atoms with Crippen LogP contribution in [0.5, 0.6) is 5.75 Å². The third-order valence-corrected chi connectivity index (χ3v) is 3.06. The maximum Gasteiger partial charge on any atom is 0.278 e. The SMILES string of the molecule is COc1cc(Cl)ccc1C(=O)NOC1CCCCO1. The summed E-state index contributed by atoms with van der Waals surface area (Å²) >= 11 is 5.84. The molecule has 0 radical (unpaired) electrons. The Labute approximate surface area is 116 Å². The highest BCUT2D eigenvalue weighted by molar-refractivity contribution is 6.30. The fourth-order valence-electron chi connectivity index (χ4n) is 1.83. The van der Waals surface area contributed by atoms with E-state index in [0.717, 1.165) is 19.3 Å². The van der Waals surface area contributed by atoms with Crippen molar-refractivity contribution in [2.24, 2.45) is 0 Å². The van der Waals surface area contributed by atoms with Crippen LogP contribution in [0.15, 0.2) is 18.2 Å². The van der Waals surface area contributed by atoms with Crippen LogP contribution in [0.1, 0.15) is 29.6 Å². The van der Waals surface area contributed by atoms with Gasteiger partial charge in [-0.05, 0) is 31.0 Å². The van der Waals surface area contributed by atoms with E-state index in [1.54, 1.807) is 18.2 Å². The van der Waals surface area contributed by atoms with E-state index in [4.69, 9.17) is 25.9 Å². The molecule has 0 aliphatic carbocycles. The summed E-state index contributed by atoms with van der Waals surface area (Å²) in [5, 5.41) is 0.505. The van der Waals surface area contributed by atoms with Crippen molar-refractivity contribution in [1.82, 2.24) is 5.48 Å². The van der Waals surface area contributed by atoms with Crippen LogP contribution in [0.3, 0.4) is 0 Å². The van der Waals surface area contributed by atoms with Crippen LogP contribution < -0.4 is 10.2 Å². The van der Waals surface area contributed by atoms with Crippen molar-refractivity contribution in [2.45, 2.75) is 25.6 Å². The van der Waals surface area contributed by atoms with E-state index in [2.05, 4.69) is 5.48 Å². The van der Waals surface area contributed by atoms with Gasteiger partial charge in [0.25, 0.3) is 5.91 Å². The molecule has 1 fully saturated rings. The Balaban J connectivity index is 1.95. The van der Waals surface area contributed by atoms with Gasteiger partial charge in [-0.1, -0.05) is 11.6 Å². The molecule has 1 aromatic carbocycles. The van der Waals surface area contributed by atoms with Crippen molar-refractivity contribution < 1.29 is 19.1 Å². The second-order valence-electron chi connectivity index (χ2n) is 4.19. The van der Waals surface area contributed by atoms with Gasteiger partial charge in [-0.15, -0.1) is 0 Å². The van der Waals surface area contributed by atoms with Gasteiger partial charge in [0.05, 0.1) is 12.7 Å². The first-order valence-corrected chi connectivity index (χ1v) is 6.49. The van der Waals surface area contributed by atoms with E-state index in [9.17, 15) is 4.79 Å². The Morgan fingerprint density at radius 2 is 2.32 bits per heavy atom. The Morgan fingerprint density at radius 3 is 3.00 bits per heavy atom. The minimum Gasteiger partial charge on any atom is -0.496 e. The first-order valence-electron chi connectivity index (χ1n) is 6.12. The molecule has 104 valence electrons. The molecule has 1 aromatic rings. The third-order valence-electron chi connectivity index (χ3n) is 2.83. The Kier molecular flexibility index (Phi) is 5.01. The zero-order valence-corrected chi connectivity index (χ0v) is 11.4. The van der Waals surface area contributed by atoms with Gasteiger partial charge in [0.2, 0.25) is 0 Å². The minimum absolute atomic E-state index is 0.364. The average Bonchev–Trinajstić information content (AvgIpc) is 2.45. The summed E-state index contributed by atoms with van der Waals surface area (Å²) in [4.78, 5) is 17.2. The average molecular weight is 286 g/mol. The molecule has 0 spiro atoms. The molecule has 1 saturated heterocycles. The molecular weight excluding hydrogens is 270 g/mol. The van der Waals surface area contributed by atoms with E-state index >= 15 is 0 Å². The highest BCUT2D eigenvalue weighted by Gasteiger charge is 2.18. The smallest absolute Gasteiger partial charge is 0.278 e. The maximum atomic E-state index is 12.0. The molecule has 5 nitrogen and oxygen atoms in total. The zero-order valence-electron chi connectivity index (χ0n) is 10.6. The van der Waals surface area contributed by atoms with Crippen LogP contribution in [0, 0.1) is 0 Å². The molecule has 1 aliphatic rings. The lowest BCUT2D eigenvalue weighted by molar-refractivity contribution is -0.186. The molecule has 1 N–H and O–H groups in total. The van der Waals surface area contributed by atoms with Crippen LogP contribution >= 0.6 is 11.6 Å². The minimum atomic E-state index is -0.386. The summed E-state index contributed by atoms with van der Waals surface area (Å²) in [5.74, 6) is 0.0147. The highest BCUT2D eigenvalue weighted by atomic mass is 35.5. The second kappa shape index (κ2) is 6.75. The predicted molar refractivity (Wildman–Crippen MR) is 70.1 cm³/mol. The van der Waals surface area contributed by atoms with Gasteiger partial charge in [-0.3, -0.25) is 4.79 Å². The van der Waals surface area contributed by atoms with Crippen LogP contribution in [-0.2, 0) is 9.57 Å². The molecule has 1 aliphatic heterocycles. The number of nitrogens with one attached hydrogen (secondary N) is 1. The monoisotopic (exact) mass is 285 g/mol. The van der Waals surface area contributed by atoms with Crippen molar-refractivity contribution in [3.05, 3.63) is 28.8 Å². The van der Waals surface area contributed by atoms with Gasteiger partial charge >= 0.3 is 0 Å². The van der Waals surface area contributed by atoms with E-state index in [0.29, 0.717) is 22.9 Å². The van der Waals surface area contributed by atoms with Crippen LogP contribution in [0.25, 0.3) is 0 Å². The van der Waals surface area contributed by atoms with Gasteiger partial charge in [-0.2, -0.15) is 0 Å². The molecule has 0 aromatic heterocycles. The molecule has 19 heavy (non-hydrogen) atoms. The summed E-state index contributed by atoms with van der Waals surface area (Å²) in [7, 11) is 1.48. The van der Waals surface area contributed by atoms with Crippen molar-refractivity contribution in [3.8, 4) is 5.75 Å². The second-order valence-corrected chi connectivity index (χ2v) is 4.63. The number of rotatable bonds is 4. The lowest BCUT2D eigenvalue weighted by Gasteiger charge is -2.22. The summed E-state index contributed by atoms with van der Waals surface area (Å²) in [6, 6.07) is 4.78. The number of ether oxygens (including phenoxy) is 2. The lowest BCUT2D eigenvalue weighted by atomic mass is 10.2. The number of amides is 1. The molecule has 6 heteroatoms. The number of carbonyl (C=O) groups excluding carboxylic acids is 1. The number of hydroxylamine groups is 1. The normalized spacial score (nSPS) is 18.9. The van der Waals surface area contributed by atoms with Crippen molar-refractivity contribution in [3.63, 3.8) is 0 Å². The fraction of sp³-hybridized carbons (Fsp3) is 0.462. The van der Waals surface area contributed by atoms with Crippen molar-refractivity contribution in [1.29, 1.82) is 0 Å². The molecular formula is C13H16ClNO4. The molecule has 1 amide bonds. The van der Waals surface area contributed by atoms with Gasteiger partial charge in [-0.25, -0.2) is 10.3 Å². The van der Waals surface area contributed by atoms with Crippen molar-refractivity contribution in [2.75, 3.05) is 13.7 Å². The van der Waals surface area contributed by atoms with Crippen LogP contribution in [0.2, 0.25) is 5.02 Å². The van der Waals surface area contributed by atoms with Gasteiger partial charge in [0.15, 0.2) is 6.29 Å². The molecule has 1 heterocycles. The van der Waals surface area contributed by atoms with E-state index in [-0.39, 0.29) is 12.2 Å². The maximum absolute atomic E-state index is 12.0. The number of hydrogen-bond acceptors (Lipinski definition) is 4. The topological polar surface area (TPSA) is 56.8 Å². The number of benzene rings is 1. The fourth-order valence-corrected chi connectivity index (χ4v) is 1.99. The van der Waals surface area contributed by atoms with Crippen LogP contribution in [-0.4, -0.2) is 25.9 Å². The summed E-state index contributed by atoms with van der Waals surface area (Å²) in [6.45, 7) is 0.658. The Hall–Kier alpha value is -1.30. The summed E-state index contributed by atoms with van der Waals surface area (Å²) in [5.41, 5.74) is 2.74. The summed E-state index contributed by atoms with van der Waals surface area (Å²) < 4.78 is 10.5. The lowest BCUT2D eigenvalue weighted by Crippen LogP contribution is -2.33. The number of hydrogen-bond donors (Lipinski definition) is 1. The van der Waals surface area contributed by atoms with Gasteiger partial charge in [0, 0.05) is 18.1 Å². The Morgan fingerprint density at radius 1 is 1.47 bits per heavy atom. The highest BCUT2D eigenvalue weighted by Crippen LogP contribution is 2.23. The molecule has 1 atom stereocenters. The number of methoxy groups -OCH3 is 1. The van der Waals surface area contributed by atoms with Crippen LogP contribution in [0.4, 0.5) is 0 Å². The molecule has 2 rings (SSSR count). The molecule has 1 unspecified atom stereocenters. The zero-order chi connectivity index (χ0) is 13.7. The van der Waals surface area contributed by atoms with E-state index in [1.165, 1.54) is 7.11 Å². The standard InChI is InChI=1S/C13H16ClNO4/c1-17-11-8-9(14)5-6-10(11)13(16)15-19-12-4-2-3-7-18-12/h5-6,8,12H,2-4,7H2,1H3,(H,15,16). The predicted octanol–water partition coefficient (Wildman–Crippen LogP) is 2.54. The first kappa shape index (κ1) is 14.1. The quantitative estimate of drug-likeness (QED) is 0.864. The molecule has 0 saturated carbocycles. The van der Waals surface area contributed by atoms with Gasteiger partial charge in [0.1, 0.15) is 5.75 Å². The van der Waals surface area contributed by atoms with Gasteiger partial charge < -0.3 is 9.47 Å². The largest absolute Gasteiger partial charge is 0.496 e.